The number of nitrogens with two attached hydrogens (primary N) is 2. The van der Waals surface area contributed by atoms with Crippen LogP contribution in [0.4, 0.5) is 10.5 Å². The van der Waals surface area contributed by atoms with Crippen molar-refractivity contribution in [1.82, 2.24) is 5.32 Å². The van der Waals surface area contributed by atoms with Gasteiger partial charge in [-0.3, -0.25) is 0 Å². The molecule has 0 saturated carbocycles. The molecule has 0 radical (unpaired) electrons. The van der Waals surface area contributed by atoms with Gasteiger partial charge in [0.25, 0.3) is 0 Å². The molecule has 9 nitrogen and oxygen atoms in total. The summed E-state index contributed by atoms with van der Waals surface area (Å²) in [5.41, 5.74) is 13.1. The number of alkyl carbamates (subject to hydrolysis) is 1. The van der Waals surface area contributed by atoms with E-state index < -0.39 is 19.5 Å². The summed E-state index contributed by atoms with van der Waals surface area (Å²) in [5.74, 6) is -0.831. The van der Waals surface area contributed by atoms with Crippen LogP contribution in [0.1, 0.15) is 16.9 Å². The molecule has 0 aliphatic rings. The summed E-state index contributed by atoms with van der Waals surface area (Å²) in [7, 11) is -4.29. The minimum absolute atomic E-state index is 0.00690. The first-order valence-corrected chi connectivity index (χ1v) is 14.7. The molecule has 5 aromatic carbocycles. The molecule has 0 fully saturated rings. The Hall–Kier alpha value is -5.27. The highest BCUT2D eigenvalue weighted by Crippen LogP contribution is 2.60. The molecule has 42 heavy (non-hydrogen) atoms. The third kappa shape index (κ3) is 6.89. The molecule has 5 rings (SSSR count). The Bertz CT molecular complexity index is 1680. The minimum atomic E-state index is -4.29. The normalized spacial score (nSPS) is 11.7. The highest BCUT2D eigenvalue weighted by molar-refractivity contribution is 7.55. The van der Waals surface area contributed by atoms with E-state index in [-0.39, 0.29) is 12.6 Å². The Balaban J connectivity index is 1.62. The van der Waals surface area contributed by atoms with Crippen LogP contribution in [0.15, 0.2) is 132 Å². The second kappa shape index (κ2) is 12.9. The third-order valence-electron chi connectivity index (χ3n) is 6.21. The Morgan fingerprint density at radius 2 is 1.26 bits per heavy atom. The first-order chi connectivity index (χ1) is 20.4. The lowest BCUT2D eigenvalue weighted by molar-refractivity contribution is 0.137. The van der Waals surface area contributed by atoms with Crippen LogP contribution in [-0.2, 0) is 15.9 Å². The van der Waals surface area contributed by atoms with Crippen LogP contribution in [0.3, 0.4) is 0 Å². The number of hydrogen-bond donors (Lipinski definition) is 3. The summed E-state index contributed by atoms with van der Waals surface area (Å²) in [6.07, 6.45) is -0.810. The number of aliphatic imine (C=N–C) groups is 1. The van der Waals surface area contributed by atoms with Gasteiger partial charge in [0, 0.05) is 5.39 Å². The van der Waals surface area contributed by atoms with E-state index in [4.69, 9.17) is 25.3 Å². The number of nitrogens with zero attached hydrogens (tertiary/aromatic N) is 1. The van der Waals surface area contributed by atoms with Gasteiger partial charge in [-0.1, -0.05) is 97.1 Å². The standard InChI is InChI=1S/C32H29N4O5P/c33-31(34)35-29-21-11-18-26-27(29)19-10-20-28(26)30(36-32(37)39-22-23-12-4-1-5-13-23)42(38,40-24-14-6-2-7-15-24)41-25-16-8-3-9-17-25/h1-21,30H,22H2,(H,36,37)(H4,33,34,35). The molecule has 5 aromatic rings. The number of rotatable bonds is 10. The molecular weight excluding hydrogens is 551 g/mol. The van der Waals surface area contributed by atoms with E-state index in [1.807, 2.05) is 54.6 Å². The Morgan fingerprint density at radius 3 is 1.86 bits per heavy atom. The van der Waals surface area contributed by atoms with Gasteiger partial charge in [-0.15, -0.1) is 0 Å². The van der Waals surface area contributed by atoms with Gasteiger partial charge in [0.2, 0.25) is 0 Å². The van der Waals surface area contributed by atoms with Gasteiger partial charge in [0.05, 0.1) is 5.69 Å². The van der Waals surface area contributed by atoms with Crippen molar-refractivity contribution >= 4 is 36.1 Å². The zero-order valence-electron chi connectivity index (χ0n) is 22.5. The molecule has 0 aromatic heterocycles. The quantitative estimate of drug-likeness (QED) is 0.0916. The summed E-state index contributed by atoms with van der Waals surface area (Å²) in [5, 5.41) is 4.07. The van der Waals surface area contributed by atoms with Crippen molar-refractivity contribution in [2.24, 2.45) is 16.5 Å². The first kappa shape index (κ1) is 28.3. The SMILES string of the molecule is NC(N)=Nc1cccc2c(C(NC(=O)OCc3ccccc3)P(=O)(Oc3ccccc3)Oc3ccccc3)cccc12. The minimum Gasteiger partial charge on any atom is -0.445 e. The van der Waals surface area contributed by atoms with Crippen molar-refractivity contribution in [3.05, 3.63) is 139 Å². The molecule has 0 spiro atoms. The van der Waals surface area contributed by atoms with Crippen molar-refractivity contribution < 1.29 is 23.1 Å². The number of benzene rings is 5. The van der Waals surface area contributed by atoms with Crippen molar-refractivity contribution in [1.29, 1.82) is 0 Å². The highest BCUT2D eigenvalue weighted by atomic mass is 31.2. The summed E-state index contributed by atoms with van der Waals surface area (Å²) < 4.78 is 32.8. The fourth-order valence-corrected chi connectivity index (χ4v) is 6.29. The summed E-state index contributed by atoms with van der Waals surface area (Å²) >= 11 is 0. The van der Waals surface area contributed by atoms with Gasteiger partial charge in [0.1, 0.15) is 18.1 Å². The monoisotopic (exact) mass is 580 g/mol. The Kier molecular flexibility index (Phi) is 8.70. The topological polar surface area (TPSA) is 138 Å². The van der Waals surface area contributed by atoms with Crippen LogP contribution in [0.2, 0.25) is 0 Å². The molecule has 212 valence electrons. The van der Waals surface area contributed by atoms with Crippen LogP contribution in [0.25, 0.3) is 10.8 Å². The molecule has 0 heterocycles. The predicted molar refractivity (Wildman–Crippen MR) is 164 cm³/mol. The fourth-order valence-electron chi connectivity index (χ4n) is 4.38. The Labute approximate surface area is 243 Å². The van der Waals surface area contributed by atoms with E-state index in [1.54, 1.807) is 72.8 Å². The maximum Gasteiger partial charge on any atom is 0.457 e. The number of nitrogens with one attached hydrogen (secondary N) is 1. The molecule has 1 unspecified atom stereocenters. The van der Waals surface area contributed by atoms with Crippen LogP contribution >= 0.6 is 7.60 Å². The number of carbonyl (C=O) groups excluding carboxylic acids is 1. The summed E-state index contributed by atoms with van der Waals surface area (Å²) in [6, 6.07) is 37.1. The lowest BCUT2D eigenvalue weighted by atomic mass is 10.0. The molecule has 10 heteroatoms. The van der Waals surface area contributed by atoms with E-state index in [0.717, 1.165) is 5.56 Å². The number of fused-ring (bicyclic) bond motifs is 1. The molecule has 5 N–H and O–H groups in total. The first-order valence-electron chi connectivity index (χ1n) is 13.1. The average Bonchev–Trinajstić information content (AvgIpc) is 3.00. The van der Waals surface area contributed by atoms with E-state index in [1.165, 1.54) is 0 Å². The molecule has 0 bridgehead atoms. The van der Waals surface area contributed by atoms with Gasteiger partial charge in [0.15, 0.2) is 11.7 Å². The smallest absolute Gasteiger partial charge is 0.445 e. The molecule has 1 atom stereocenters. The maximum absolute atomic E-state index is 15.0. The van der Waals surface area contributed by atoms with Crippen LogP contribution in [0.5, 0.6) is 11.5 Å². The molecule has 0 aliphatic heterocycles. The largest absolute Gasteiger partial charge is 0.457 e. The number of ether oxygens (including phenoxy) is 1. The van der Waals surface area contributed by atoms with Crippen LogP contribution in [0, 0.1) is 0 Å². The van der Waals surface area contributed by atoms with E-state index in [9.17, 15) is 9.36 Å². The van der Waals surface area contributed by atoms with Crippen molar-refractivity contribution in [2.45, 2.75) is 12.4 Å². The van der Waals surface area contributed by atoms with E-state index in [2.05, 4.69) is 10.3 Å². The lowest BCUT2D eigenvalue weighted by Crippen LogP contribution is -2.31. The second-order valence-electron chi connectivity index (χ2n) is 9.21. The number of guanidine groups is 1. The molecule has 0 aliphatic carbocycles. The highest BCUT2D eigenvalue weighted by Gasteiger charge is 2.43. The lowest BCUT2D eigenvalue weighted by Gasteiger charge is -2.29. The van der Waals surface area contributed by atoms with Crippen molar-refractivity contribution in [2.75, 3.05) is 0 Å². The number of para-hydroxylation sites is 2. The van der Waals surface area contributed by atoms with Gasteiger partial charge in [-0.25, -0.2) is 14.4 Å². The van der Waals surface area contributed by atoms with Gasteiger partial charge >= 0.3 is 13.7 Å². The number of amides is 1. The number of carbonyl (C=O) groups is 1. The van der Waals surface area contributed by atoms with Gasteiger partial charge in [-0.05, 0) is 46.8 Å². The van der Waals surface area contributed by atoms with Crippen molar-refractivity contribution in [3.8, 4) is 11.5 Å². The fraction of sp³-hybridized carbons (Fsp3) is 0.0625. The number of hydrogen-bond acceptors (Lipinski definition) is 6. The summed E-state index contributed by atoms with van der Waals surface area (Å²) in [6.45, 7) is 0.00690. The zero-order valence-corrected chi connectivity index (χ0v) is 23.4. The summed E-state index contributed by atoms with van der Waals surface area (Å²) in [4.78, 5) is 17.5. The predicted octanol–water partition coefficient (Wildman–Crippen LogP) is 7.02. The van der Waals surface area contributed by atoms with Crippen LogP contribution < -0.4 is 25.8 Å². The second-order valence-corrected chi connectivity index (χ2v) is 11.2. The van der Waals surface area contributed by atoms with Crippen molar-refractivity contribution in [3.63, 3.8) is 0 Å². The van der Waals surface area contributed by atoms with E-state index in [0.29, 0.717) is 33.5 Å². The molecular formula is C32H29N4O5P. The van der Waals surface area contributed by atoms with Gasteiger partial charge < -0.3 is 30.6 Å². The molecule has 0 saturated heterocycles. The van der Waals surface area contributed by atoms with Gasteiger partial charge in [-0.2, -0.15) is 0 Å². The van der Waals surface area contributed by atoms with Crippen LogP contribution in [-0.4, -0.2) is 12.1 Å². The molecule has 1 amide bonds. The third-order valence-corrected chi connectivity index (χ3v) is 8.18. The maximum atomic E-state index is 15.0. The Morgan fingerprint density at radius 1 is 0.714 bits per heavy atom. The zero-order chi connectivity index (χ0) is 29.4. The average molecular weight is 581 g/mol. The van der Waals surface area contributed by atoms with E-state index >= 15 is 0 Å².